The first-order valence-corrected chi connectivity index (χ1v) is 8.38. The van der Waals surface area contributed by atoms with Gasteiger partial charge in [-0.1, -0.05) is 35.0 Å². The normalized spacial score (nSPS) is 25.7. The highest BCUT2D eigenvalue weighted by Gasteiger charge is 2.44. The molecular formula is C17H23N5O5. The Kier molecular flexibility index (Phi) is 5.61. The molecule has 10 nitrogen and oxygen atoms in total. The molecule has 10 heteroatoms. The van der Waals surface area contributed by atoms with E-state index < -0.39 is 31.1 Å². The van der Waals surface area contributed by atoms with Crippen molar-refractivity contribution in [2.75, 3.05) is 12.3 Å². The Labute approximate surface area is 155 Å². The maximum atomic E-state index is 10.1. The lowest BCUT2D eigenvalue weighted by Gasteiger charge is -2.17. The second kappa shape index (κ2) is 7.92. The van der Waals surface area contributed by atoms with Gasteiger partial charge < -0.3 is 36.4 Å². The molecule has 27 heavy (non-hydrogen) atoms. The third kappa shape index (κ3) is 3.88. The van der Waals surface area contributed by atoms with Crippen LogP contribution in [0.2, 0.25) is 0 Å². The van der Waals surface area contributed by atoms with Crippen LogP contribution in [0.15, 0.2) is 35.7 Å². The van der Waals surface area contributed by atoms with Gasteiger partial charge in [0.05, 0.1) is 12.9 Å². The maximum Gasteiger partial charge on any atom is 0.192 e. The summed E-state index contributed by atoms with van der Waals surface area (Å²) in [5.74, 6) is 0.0510. The van der Waals surface area contributed by atoms with Crippen molar-refractivity contribution in [3.05, 3.63) is 47.4 Å². The number of nitrogens with zero attached hydrogens (tertiary/aromatic N) is 3. The van der Waals surface area contributed by atoms with E-state index in [0.29, 0.717) is 0 Å². The predicted molar refractivity (Wildman–Crippen MR) is 96.3 cm³/mol. The largest absolute Gasteiger partial charge is 0.394 e. The number of aliphatic hydroxyl groups excluding tert-OH is 3. The zero-order valence-electron chi connectivity index (χ0n) is 14.8. The third-order valence-corrected chi connectivity index (χ3v) is 4.38. The molecule has 2 heterocycles. The smallest absolute Gasteiger partial charge is 0.192 e. The van der Waals surface area contributed by atoms with Crippen molar-refractivity contribution < 1.29 is 24.9 Å². The number of rotatable bonds is 6. The summed E-state index contributed by atoms with van der Waals surface area (Å²) in [6.45, 7) is 1.79. The zero-order valence-corrected chi connectivity index (χ0v) is 14.8. The maximum absolute atomic E-state index is 10.1. The number of hydrogen-bond acceptors (Lipinski definition) is 8. The molecule has 0 saturated carbocycles. The molecular weight excluding hydrogens is 354 g/mol. The number of oxime groups is 1. The third-order valence-electron chi connectivity index (χ3n) is 4.38. The number of ether oxygens (including phenoxy) is 1. The number of anilines is 1. The molecule has 1 fully saturated rings. The Morgan fingerprint density at radius 2 is 2.00 bits per heavy atom. The van der Waals surface area contributed by atoms with E-state index in [1.165, 1.54) is 10.9 Å². The Morgan fingerprint density at radius 3 is 2.63 bits per heavy atom. The summed E-state index contributed by atoms with van der Waals surface area (Å²) in [6, 6.07) is 7.77. The molecule has 1 aromatic carbocycles. The standard InChI is InChI=1S/C17H23N5O5/c1-9-2-4-10(5-3-9)7-26-21-15(18)12-16(19)22(8-20-12)17-14(25)13(24)11(6-23)27-17/h2-5,8,11,13-14,17,23-25H,6-7,19H2,1H3,(H2,18,21)/t11-,13-,14-,17-/m1/s1. The van der Waals surface area contributed by atoms with E-state index in [1.807, 2.05) is 31.2 Å². The summed E-state index contributed by atoms with van der Waals surface area (Å²) in [6.07, 6.45) is -3.12. The van der Waals surface area contributed by atoms with E-state index in [0.717, 1.165) is 11.1 Å². The lowest BCUT2D eigenvalue weighted by molar-refractivity contribution is -0.0518. The van der Waals surface area contributed by atoms with Crippen LogP contribution in [0.1, 0.15) is 23.0 Å². The van der Waals surface area contributed by atoms with Crippen molar-refractivity contribution in [2.24, 2.45) is 10.9 Å². The molecule has 0 spiro atoms. The van der Waals surface area contributed by atoms with Crippen molar-refractivity contribution in [2.45, 2.75) is 38.1 Å². The summed E-state index contributed by atoms with van der Waals surface area (Å²) in [5, 5.41) is 33.0. The minimum atomic E-state index is -1.28. The Morgan fingerprint density at radius 1 is 1.30 bits per heavy atom. The molecule has 7 N–H and O–H groups in total. The van der Waals surface area contributed by atoms with Crippen LogP contribution in [0.3, 0.4) is 0 Å². The monoisotopic (exact) mass is 377 g/mol. The van der Waals surface area contributed by atoms with Gasteiger partial charge in [0.1, 0.15) is 30.7 Å². The van der Waals surface area contributed by atoms with Gasteiger partial charge in [-0.25, -0.2) is 4.98 Å². The Hall–Kier alpha value is -2.66. The number of aromatic nitrogens is 2. The molecule has 1 aliphatic heterocycles. The number of nitrogen functional groups attached to an aromatic ring is 1. The van der Waals surface area contributed by atoms with Crippen LogP contribution >= 0.6 is 0 Å². The number of nitrogens with two attached hydrogens (primary N) is 2. The minimum Gasteiger partial charge on any atom is -0.394 e. The first kappa shape index (κ1) is 19.1. The fraction of sp³-hybridized carbons (Fsp3) is 0.412. The van der Waals surface area contributed by atoms with Gasteiger partial charge in [-0.3, -0.25) is 4.57 Å². The number of aryl methyl sites for hydroxylation is 1. The summed E-state index contributed by atoms with van der Waals surface area (Å²) in [5.41, 5.74) is 14.2. The molecule has 1 saturated heterocycles. The molecule has 4 atom stereocenters. The first-order chi connectivity index (χ1) is 12.9. The summed E-state index contributed by atoms with van der Waals surface area (Å²) in [7, 11) is 0. The van der Waals surface area contributed by atoms with Gasteiger partial charge in [-0.2, -0.15) is 0 Å². The molecule has 0 unspecified atom stereocenters. The average Bonchev–Trinajstić information content (AvgIpc) is 3.17. The van der Waals surface area contributed by atoms with Crippen LogP contribution in [-0.2, 0) is 16.2 Å². The second-order valence-electron chi connectivity index (χ2n) is 6.35. The lowest BCUT2D eigenvalue weighted by Crippen LogP contribution is -2.33. The van der Waals surface area contributed by atoms with Gasteiger partial charge in [0.25, 0.3) is 0 Å². The number of imidazole rings is 1. The van der Waals surface area contributed by atoms with Crippen molar-refractivity contribution in [1.29, 1.82) is 0 Å². The highest BCUT2D eigenvalue weighted by molar-refractivity contribution is 5.99. The molecule has 0 bridgehead atoms. The van der Waals surface area contributed by atoms with Crippen LogP contribution in [0.5, 0.6) is 0 Å². The van der Waals surface area contributed by atoms with Crippen LogP contribution in [-0.4, -0.2) is 55.6 Å². The number of benzene rings is 1. The fourth-order valence-corrected chi connectivity index (χ4v) is 2.78. The molecule has 1 aliphatic rings. The molecule has 1 aromatic heterocycles. The average molecular weight is 377 g/mol. The summed E-state index contributed by atoms with van der Waals surface area (Å²) in [4.78, 5) is 9.32. The van der Waals surface area contributed by atoms with Crippen molar-refractivity contribution >= 4 is 11.7 Å². The second-order valence-corrected chi connectivity index (χ2v) is 6.35. The molecule has 0 amide bonds. The van der Waals surface area contributed by atoms with Gasteiger partial charge in [0.2, 0.25) is 0 Å². The molecule has 0 aliphatic carbocycles. The summed E-state index contributed by atoms with van der Waals surface area (Å²) < 4.78 is 6.75. The highest BCUT2D eigenvalue weighted by Crippen LogP contribution is 2.31. The van der Waals surface area contributed by atoms with Gasteiger partial charge >= 0.3 is 0 Å². The van der Waals surface area contributed by atoms with Gasteiger partial charge in [0, 0.05) is 0 Å². The number of hydrogen-bond donors (Lipinski definition) is 5. The SMILES string of the molecule is Cc1ccc(CON=C(N)c2ncn([C@@H]3O[C@H](CO)[C@@H](O)[C@H]3O)c2N)cc1. The van der Waals surface area contributed by atoms with Gasteiger partial charge in [0.15, 0.2) is 17.8 Å². The molecule has 0 radical (unpaired) electrons. The van der Waals surface area contributed by atoms with Crippen molar-refractivity contribution in [1.82, 2.24) is 9.55 Å². The zero-order chi connectivity index (χ0) is 19.6. The lowest BCUT2D eigenvalue weighted by atomic mass is 10.1. The van der Waals surface area contributed by atoms with Crippen LogP contribution in [0, 0.1) is 6.92 Å². The van der Waals surface area contributed by atoms with Crippen LogP contribution < -0.4 is 11.5 Å². The topological polar surface area (TPSA) is 161 Å². The minimum absolute atomic E-state index is 0.0369. The Balaban J connectivity index is 1.69. The van der Waals surface area contributed by atoms with Gasteiger partial charge in [-0.15, -0.1) is 0 Å². The molecule has 2 aromatic rings. The highest BCUT2D eigenvalue weighted by atomic mass is 16.6. The first-order valence-electron chi connectivity index (χ1n) is 8.38. The van der Waals surface area contributed by atoms with Crippen LogP contribution in [0.25, 0.3) is 0 Å². The van der Waals surface area contributed by atoms with Gasteiger partial charge in [-0.05, 0) is 12.5 Å². The van der Waals surface area contributed by atoms with Crippen molar-refractivity contribution in [3.63, 3.8) is 0 Å². The van der Waals surface area contributed by atoms with E-state index >= 15 is 0 Å². The fourth-order valence-electron chi connectivity index (χ4n) is 2.78. The van der Waals surface area contributed by atoms with E-state index in [4.69, 9.17) is 21.0 Å². The predicted octanol–water partition coefficient (Wildman–Crippen LogP) is -0.778. The quantitative estimate of drug-likeness (QED) is 0.249. The Bertz CT molecular complexity index is 807. The molecule has 146 valence electrons. The number of aliphatic hydroxyl groups is 3. The summed E-state index contributed by atoms with van der Waals surface area (Å²) >= 11 is 0. The number of amidine groups is 1. The van der Waals surface area contributed by atoms with E-state index in [2.05, 4.69) is 10.1 Å². The van der Waals surface area contributed by atoms with Crippen molar-refractivity contribution in [3.8, 4) is 0 Å². The van der Waals surface area contributed by atoms with E-state index in [1.54, 1.807) is 0 Å². The molecule has 3 rings (SSSR count). The van der Waals surface area contributed by atoms with E-state index in [-0.39, 0.29) is 24.0 Å². The van der Waals surface area contributed by atoms with Crippen LogP contribution in [0.4, 0.5) is 5.82 Å². The van der Waals surface area contributed by atoms with E-state index in [9.17, 15) is 15.3 Å².